The number of hydrogen-bond acceptors (Lipinski definition) is 2. The highest BCUT2D eigenvalue weighted by atomic mass is 19.3. The molecular formula is C16H16F3NO. The third kappa shape index (κ3) is 5.02. The van der Waals surface area contributed by atoms with Crippen LogP contribution in [0.2, 0.25) is 0 Å². The molecule has 0 saturated heterocycles. The van der Waals surface area contributed by atoms with Gasteiger partial charge in [0.2, 0.25) is 0 Å². The van der Waals surface area contributed by atoms with Gasteiger partial charge in [-0.25, -0.2) is 4.39 Å². The maximum atomic E-state index is 13.1. The Morgan fingerprint density at radius 1 is 1.10 bits per heavy atom. The van der Waals surface area contributed by atoms with Crippen molar-refractivity contribution in [1.82, 2.24) is 0 Å². The molecule has 2 rings (SSSR count). The fraction of sp³-hybridized carbons (Fsp3) is 0.250. The Bertz CT molecular complexity index is 589. The van der Waals surface area contributed by atoms with E-state index < -0.39 is 6.61 Å². The number of ether oxygens (including phenoxy) is 1. The Kier molecular flexibility index (Phi) is 5.09. The largest absolute Gasteiger partial charge is 0.435 e. The summed E-state index contributed by atoms with van der Waals surface area (Å²) < 4.78 is 41.8. The quantitative estimate of drug-likeness (QED) is 0.849. The van der Waals surface area contributed by atoms with Crippen molar-refractivity contribution < 1.29 is 17.9 Å². The first-order valence-electron chi connectivity index (χ1n) is 6.59. The van der Waals surface area contributed by atoms with Crippen molar-refractivity contribution in [1.29, 1.82) is 0 Å². The Morgan fingerprint density at radius 3 is 2.57 bits per heavy atom. The van der Waals surface area contributed by atoms with Crippen LogP contribution in [0, 0.1) is 5.82 Å². The van der Waals surface area contributed by atoms with Crippen LogP contribution in [0.5, 0.6) is 5.75 Å². The van der Waals surface area contributed by atoms with Gasteiger partial charge in [-0.3, -0.25) is 0 Å². The summed E-state index contributed by atoms with van der Waals surface area (Å²) >= 11 is 0. The van der Waals surface area contributed by atoms with Gasteiger partial charge in [0.25, 0.3) is 0 Å². The number of rotatable bonds is 6. The van der Waals surface area contributed by atoms with Crippen molar-refractivity contribution in [2.75, 3.05) is 5.32 Å². The highest BCUT2D eigenvalue weighted by molar-refractivity contribution is 5.49. The smallest absolute Gasteiger partial charge is 0.387 e. The summed E-state index contributed by atoms with van der Waals surface area (Å²) in [5, 5.41) is 3.18. The van der Waals surface area contributed by atoms with Crippen LogP contribution < -0.4 is 10.1 Å². The summed E-state index contributed by atoms with van der Waals surface area (Å²) in [5.41, 5.74) is 1.55. The molecule has 2 aromatic rings. The summed E-state index contributed by atoms with van der Waals surface area (Å²) in [6.45, 7) is -0.907. The average molecular weight is 295 g/mol. The van der Waals surface area contributed by atoms with Crippen LogP contribution in [0.1, 0.15) is 12.5 Å². The molecule has 0 bridgehead atoms. The van der Waals surface area contributed by atoms with E-state index in [1.165, 1.54) is 24.3 Å². The van der Waals surface area contributed by atoms with Gasteiger partial charge in [-0.15, -0.1) is 0 Å². The van der Waals surface area contributed by atoms with E-state index in [1.807, 2.05) is 13.0 Å². The van der Waals surface area contributed by atoms with Gasteiger partial charge in [-0.2, -0.15) is 8.78 Å². The van der Waals surface area contributed by atoms with Crippen molar-refractivity contribution in [3.8, 4) is 5.75 Å². The third-order valence-corrected chi connectivity index (χ3v) is 2.90. The van der Waals surface area contributed by atoms with Crippen LogP contribution in [0.3, 0.4) is 0 Å². The van der Waals surface area contributed by atoms with Crippen molar-refractivity contribution in [3.63, 3.8) is 0 Å². The van der Waals surface area contributed by atoms with Crippen LogP contribution in [-0.2, 0) is 6.42 Å². The Morgan fingerprint density at radius 2 is 1.86 bits per heavy atom. The molecule has 2 aromatic carbocycles. The summed E-state index contributed by atoms with van der Waals surface area (Å²) in [4.78, 5) is 0. The normalized spacial score (nSPS) is 12.2. The molecule has 21 heavy (non-hydrogen) atoms. The van der Waals surface area contributed by atoms with Gasteiger partial charge >= 0.3 is 6.61 Å². The van der Waals surface area contributed by atoms with Gasteiger partial charge in [-0.05, 0) is 43.2 Å². The van der Waals surface area contributed by atoms with Crippen molar-refractivity contribution >= 4 is 5.69 Å². The predicted octanol–water partition coefficient (Wildman–Crippen LogP) is 4.47. The second-order valence-corrected chi connectivity index (χ2v) is 4.79. The molecule has 1 N–H and O–H groups in total. The summed E-state index contributed by atoms with van der Waals surface area (Å²) in [5.74, 6) is -0.167. The van der Waals surface area contributed by atoms with E-state index in [1.54, 1.807) is 18.2 Å². The van der Waals surface area contributed by atoms with Gasteiger partial charge in [0.05, 0.1) is 0 Å². The van der Waals surface area contributed by atoms with Gasteiger partial charge in [0.1, 0.15) is 11.6 Å². The minimum Gasteiger partial charge on any atom is -0.435 e. The number of anilines is 1. The van der Waals surface area contributed by atoms with Crippen LogP contribution in [0.4, 0.5) is 18.9 Å². The van der Waals surface area contributed by atoms with Gasteiger partial charge in [0, 0.05) is 17.8 Å². The second-order valence-electron chi connectivity index (χ2n) is 4.79. The summed E-state index contributed by atoms with van der Waals surface area (Å²) in [7, 11) is 0. The van der Waals surface area contributed by atoms with E-state index in [-0.39, 0.29) is 17.6 Å². The maximum absolute atomic E-state index is 13.1. The molecule has 1 atom stereocenters. The van der Waals surface area contributed by atoms with Crippen LogP contribution in [0.15, 0.2) is 48.5 Å². The lowest BCUT2D eigenvalue weighted by Gasteiger charge is -2.16. The van der Waals surface area contributed by atoms with Crippen LogP contribution >= 0.6 is 0 Å². The minimum atomic E-state index is -2.84. The summed E-state index contributed by atoms with van der Waals surface area (Å²) in [6, 6.07) is 12.8. The Labute approximate surface area is 121 Å². The fourth-order valence-electron chi connectivity index (χ4n) is 2.12. The van der Waals surface area contributed by atoms with Gasteiger partial charge in [-0.1, -0.05) is 18.2 Å². The SMILES string of the molecule is CC(Cc1cccc(F)c1)Nc1cccc(OC(F)F)c1. The Hall–Kier alpha value is -2.17. The molecule has 0 heterocycles. The molecule has 112 valence electrons. The highest BCUT2D eigenvalue weighted by Gasteiger charge is 2.07. The van der Waals surface area contributed by atoms with E-state index in [9.17, 15) is 13.2 Å². The third-order valence-electron chi connectivity index (χ3n) is 2.90. The number of nitrogens with one attached hydrogen (secondary N) is 1. The molecular weight excluding hydrogens is 279 g/mol. The first-order valence-corrected chi connectivity index (χ1v) is 6.59. The van der Waals surface area contributed by atoms with Gasteiger partial charge < -0.3 is 10.1 Å². The molecule has 0 saturated carbocycles. The zero-order valence-electron chi connectivity index (χ0n) is 11.5. The molecule has 0 aliphatic rings. The number of hydrogen-bond donors (Lipinski definition) is 1. The van der Waals surface area contributed by atoms with E-state index in [2.05, 4.69) is 10.1 Å². The number of benzene rings is 2. The molecule has 0 aromatic heterocycles. The first-order chi connectivity index (χ1) is 10.0. The molecule has 1 unspecified atom stereocenters. The zero-order chi connectivity index (χ0) is 15.2. The van der Waals surface area contributed by atoms with Crippen molar-refractivity contribution in [2.24, 2.45) is 0 Å². The van der Waals surface area contributed by atoms with E-state index in [0.29, 0.717) is 12.1 Å². The topological polar surface area (TPSA) is 21.3 Å². The predicted molar refractivity (Wildman–Crippen MR) is 76.3 cm³/mol. The molecule has 0 spiro atoms. The average Bonchev–Trinajstić information content (AvgIpc) is 2.37. The number of halogens is 3. The zero-order valence-corrected chi connectivity index (χ0v) is 11.5. The molecule has 0 radical (unpaired) electrons. The molecule has 0 fully saturated rings. The highest BCUT2D eigenvalue weighted by Crippen LogP contribution is 2.20. The molecule has 0 amide bonds. The van der Waals surface area contributed by atoms with E-state index in [4.69, 9.17) is 0 Å². The van der Waals surface area contributed by atoms with Crippen LogP contribution in [0.25, 0.3) is 0 Å². The molecule has 2 nitrogen and oxygen atoms in total. The van der Waals surface area contributed by atoms with E-state index in [0.717, 1.165) is 5.56 Å². The molecule has 0 aliphatic heterocycles. The second kappa shape index (κ2) is 7.02. The van der Waals surface area contributed by atoms with Crippen molar-refractivity contribution in [3.05, 3.63) is 59.9 Å². The lowest BCUT2D eigenvalue weighted by atomic mass is 10.1. The first kappa shape index (κ1) is 15.2. The standard InChI is InChI=1S/C16H16F3NO/c1-11(8-12-4-2-5-13(17)9-12)20-14-6-3-7-15(10-14)21-16(18)19/h2-7,9-11,16,20H,8H2,1H3. The minimum absolute atomic E-state index is 0.0219. The molecule has 5 heteroatoms. The van der Waals surface area contributed by atoms with Crippen LogP contribution in [-0.4, -0.2) is 12.7 Å². The van der Waals surface area contributed by atoms with E-state index >= 15 is 0 Å². The monoisotopic (exact) mass is 295 g/mol. The maximum Gasteiger partial charge on any atom is 0.387 e. The summed E-state index contributed by atoms with van der Waals surface area (Å²) in [6.07, 6.45) is 0.623. The fourth-order valence-corrected chi connectivity index (χ4v) is 2.12. The lowest BCUT2D eigenvalue weighted by Crippen LogP contribution is -2.18. The molecule has 0 aliphatic carbocycles. The number of alkyl halides is 2. The van der Waals surface area contributed by atoms with Gasteiger partial charge in [0.15, 0.2) is 0 Å². The Balaban J connectivity index is 1.97. The van der Waals surface area contributed by atoms with Crippen molar-refractivity contribution in [2.45, 2.75) is 26.0 Å². The lowest BCUT2D eigenvalue weighted by molar-refractivity contribution is -0.0498.